The molecule has 0 bridgehead atoms. The highest BCUT2D eigenvalue weighted by Gasteiger charge is 2.49. The normalized spacial score (nSPS) is 38.5. The number of nitrogens with one attached hydrogen (secondary N) is 1. The number of likely N-dealkylation sites (N-methyl/N-ethyl adjacent to an activating group) is 1. The summed E-state index contributed by atoms with van der Waals surface area (Å²) in [7, 11) is 1.95. The van der Waals surface area contributed by atoms with Crippen LogP contribution in [0.5, 0.6) is 0 Å². The third-order valence-electron chi connectivity index (χ3n) is 3.62. The van der Waals surface area contributed by atoms with Crippen molar-refractivity contribution in [2.45, 2.75) is 43.8 Å². The van der Waals surface area contributed by atoms with E-state index in [0.717, 1.165) is 12.3 Å². The van der Waals surface area contributed by atoms with Gasteiger partial charge in [-0.15, -0.1) is 12.4 Å². The Balaban J connectivity index is 0.000000750. The molecule has 0 aromatic rings. The number of nitrogens with zero attached hydrogens (tertiary/aromatic N) is 1. The number of carbonyl (C=O) groups is 1. The van der Waals surface area contributed by atoms with E-state index in [1.807, 2.05) is 11.9 Å². The first kappa shape index (κ1) is 10.2. The Morgan fingerprint density at radius 2 is 2.07 bits per heavy atom. The van der Waals surface area contributed by atoms with E-state index in [0.29, 0.717) is 18.0 Å². The molecule has 80 valence electrons. The largest absolute Gasteiger partial charge is 0.341 e. The summed E-state index contributed by atoms with van der Waals surface area (Å²) in [5, 5.41) is 3.40. The molecule has 0 aromatic heterocycles. The molecule has 0 spiro atoms. The Morgan fingerprint density at radius 3 is 2.57 bits per heavy atom. The minimum atomic E-state index is 0. The highest BCUT2D eigenvalue weighted by molar-refractivity contribution is 5.85. The molecule has 3 rings (SSSR count). The Morgan fingerprint density at radius 1 is 1.36 bits per heavy atom. The molecule has 1 heterocycles. The molecule has 1 N–H and O–H groups in total. The Labute approximate surface area is 90.6 Å². The first-order valence-electron chi connectivity index (χ1n) is 5.28. The van der Waals surface area contributed by atoms with Crippen molar-refractivity contribution < 1.29 is 4.79 Å². The first-order chi connectivity index (χ1) is 6.25. The molecule has 2 aliphatic carbocycles. The van der Waals surface area contributed by atoms with Gasteiger partial charge in [0.2, 0.25) is 5.91 Å². The average Bonchev–Trinajstić information content (AvgIpc) is 3.04. The maximum atomic E-state index is 11.9. The molecule has 3 atom stereocenters. The zero-order valence-electron chi connectivity index (χ0n) is 8.40. The minimum Gasteiger partial charge on any atom is -0.341 e. The van der Waals surface area contributed by atoms with Crippen LogP contribution in [0.2, 0.25) is 0 Å². The zero-order chi connectivity index (χ0) is 9.00. The lowest BCUT2D eigenvalue weighted by Gasteiger charge is -2.21. The van der Waals surface area contributed by atoms with E-state index in [2.05, 4.69) is 5.32 Å². The van der Waals surface area contributed by atoms with Crippen LogP contribution >= 0.6 is 12.4 Å². The first-order valence-corrected chi connectivity index (χ1v) is 5.28. The van der Waals surface area contributed by atoms with Crippen molar-refractivity contribution in [3.05, 3.63) is 0 Å². The molecule has 3 aliphatic rings. The summed E-state index contributed by atoms with van der Waals surface area (Å²) in [4.78, 5) is 13.8. The van der Waals surface area contributed by atoms with Crippen LogP contribution in [0.15, 0.2) is 0 Å². The third kappa shape index (κ3) is 1.63. The van der Waals surface area contributed by atoms with Gasteiger partial charge in [0.1, 0.15) is 0 Å². The summed E-state index contributed by atoms with van der Waals surface area (Å²) < 4.78 is 0. The van der Waals surface area contributed by atoms with Crippen LogP contribution in [0.1, 0.15) is 25.7 Å². The smallest absolute Gasteiger partial charge is 0.239 e. The maximum Gasteiger partial charge on any atom is 0.239 e. The lowest BCUT2D eigenvalue weighted by Crippen LogP contribution is -2.44. The molecule has 3 fully saturated rings. The molecule has 14 heavy (non-hydrogen) atoms. The van der Waals surface area contributed by atoms with E-state index in [1.165, 1.54) is 19.3 Å². The van der Waals surface area contributed by atoms with E-state index < -0.39 is 0 Å². The second-order valence-corrected chi connectivity index (χ2v) is 4.74. The topological polar surface area (TPSA) is 32.3 Å². The number of amides is 1. The highest BCUT2D eigenvalue weighted by Crippen LogP contribution is 2.41. The summed E-state index contributed by atoms with van der Waals surface area (Å²) in [6, 6.07) is 1.39. The van der Waals surface area contributed by atoms with Crippen molar-refractivity contribution >= 4 is 18.3 Å². The molecule has 0 unspecified atom stereocenters. The Hall–Kier alpha value is -0.280. The molecular weight excluding hydrogens is 200 g/mol. The van der Waals surface area contributed by atoms with Crippen LogP contribution in [0.4, 0.5) is 0 Å². The van der Waals surface area contributed by atoms with Crippen LogP contribution in [0.3, 0.4) is 0 Å². The highest BCUT2D eigenvalue weighted by atomic mass is 35.5. The predicted octanol–water partition coefficient (Wildman–Crippen LogP) is 0.779. The van der Waals surface area contributed by atoms with Gasteiger partial charge in [0.15, 0.2) is 0 Å². The van der Waals surface area contributed by atoms with Crippen molar-refractivity contribution in [2.75, 3.05) is 7.05 Å². The lowest BCUT2D eigenvalue weighted by atomic mass is 10.1. The second-order valence-electron chi connectivity index (χ2n) is 4.74. The second kappa shape index (κ2) is 3.38. The number of hydrogen-bond donors (Lipinski definition) is 1. The van der Waals surface area contributed by atoms with E-state index in [-0.39, 0.29) is 18.4 Å². The fourth-order valence-electron chi connectivity index (χ4n) is 2.40. The number of carbonyl (C=O) groups excluding carboxylic acids is 1. The van der Waals surface area contributed by atoms with Gasteiger partial charge in [-0.05, 0) is 31.6 Å². The van der Waals surface area contributed by atoms with Crippen LogP contribution in [-0.2, 0) is 4.79 Å². The average molecular weight is 217 g/mol. The quantitative estimate of drug-likeness (QED) is 0.740. The Bertz CT molecular complexity index is 245. The van der Waals surface area contributed by atoms with Gasteiger partial charge in [0.05, 0.1) is 6.04 Å². The summed E-state index contributed by atoms with van der Waals surface area (Å²) >= 11 is 0. The van der Waals surface area contributed by atoms with Gasteiger partial charge in [-0.25, -0.2) is 0 Å². The van der Waals surface area contributed by atoms with Crippen molar-refractivity contribution in [2.24, 2.45) is 5.92 Å². The van der Waals surface area contributed by atoms with Crippen LogP contribution in [0, 0.1) is 5.92 Å². The van der Waals surface area contributed by atoms with Gasteiger partial charge in [-0.2, -0.15) is 0 Å². The van der Waals surface area contributed by atoms with E-state index in [4.69, 9.17) is 0 Å². The zero-order valence-corrected chi connectivity index (χ0v) is 9.22. The van der Waals surface area contributed by atoms with Crippen molar-refractivity contribution in [3.63, 3.8) is 0 Å². The number of halogens is 1. The van der Waals surface area contributed by atoms with Crippen molar-refractivity contribution in [1.29, 1.82) is 0 Å². The minimum absolute atomic E-state index is 0. The molecule has 1 saturated heterocycles. The monoisotopic (exact) mass is 216 g/mol. The lowest BCUT2D eigenvalue weighted by molar-refractivity contribution is -0.132. The summed E-state index contributed by atoms with van der Waals surface area (Å²) in [5.74, 6) is 1.15. The molecule has 0 aromatic carbocycles. The molecule has 3 nitrogen and oxygen atoms in total. The van der Waals surface area contributed by atoms with Gasteiger partial charge < -0.3 is 10.2 Å². The molecule has 1 amide bonds. The van der Waals surface area contributed by atoms with Gasteiger partial charge in [-0.3, -0.25) is 4.79 Å². The number of rotatable bonds is 2. The molecule has 0 radical (unpaired) electrons. The van der Waals surface area contributed by atoms with Gasteiger partial charge >= 0.3 is 0 Å². The fourth-order valence-corrected chi connectivity index (χ4v) is 2.40. The summed E-state index contributed by atoms with van der Waals surface area (Å²) in [5.41, 5.74) is 0. The van der Waals surface area contributed by atoms with E-state index in [9.17, 15) is 4.79 Å². The maximum absolute atomic E-state index is 11.9. The molecular formula is C10H17ClN2O. The van der Waals surface area contributed by atoms with Crippen LogP contribution < -0.4 is 5.32 Å². The van der Waals surface area contributed by atoms with Crippen molar-refractivity contribution in [1.82, 2.24) is 10.2 Å². The number of fused-ring (bicyclic) bond motifs is 1. The molecule has 4 heteroatoms. The van der Waals surface area contributed by atoms with Crippen LogP contribution in [-0.4, -0.2) is 36.0 Å². The van der Waals surface area contributed by atoms with E-state index in [1.54, 1.807) is 0 Å². The van der Waals surface area contributed by atoms with Gasteiger partial charge in [0, 0.05) is 19.1 Å². The fraction of sp³-hybridized carbons (Fsp3) is 0.900. The van der Waals surface area contributed by atoms with E-state index >= 15 is 0 Å². The standard InChI is InChI=1S/C10H16N2O.ClH/c1-12(7-2-3-7)10(13)9-5-6-4-8(6)11-9;/h6-9,11H,2-5H2,1H3;1H/t6-,8-,9-;/m0./s1. The summed E-state index contributed by atoms with van der Waals surface area (Å²) in [6.07, 6.45) is 4.81. The SMILES string of the molecule is CN(C(=O)[C@@H]1C[C@@H]2C[C@@H]2N1)C1CC1.Cl. The van der Waals surface area contributed by atoms with Gasteiger partial charge in [0.25, 0.3) is 0 Å². The number of piperidine rings is 1. The van der Waals surface area contributed by atoms with Crippen LogP contribution in [0.25, 0.3) is 0 Å². The summed E-state index contributed by atoms with van der Waals surface area (Å²) in [6.45, 7) is 0. The Kier molecular flexibility index (Phi) is 2.48. The molecule has 2 saturated carbocycles. The third-order valence-corrected chi connectivity index (χ3v) is 3.62. The predicted molar refractivity (Wildman–Crippen MR) is 56.5 cm³/mol. The molecule has 1 aliphatic heterocycles. The number of hydrogen-bond acceptors (Lipinski definition) is 2. The van der Waals surface area contributed by atoms with Crippen molar-refractivity contribution in [3.8, 4) is 0 Å². The van der Waals surface area contributed by atoms with Gasteiger partial charge in [-0.1, -0.05) is 0 Å².